The number of halogens is 1. The first-order valence-corrected chi connectivity index (χ1v) is 11.3. The summed E-state index contributed by atoms with van der Waals surface area (Å²) in [5, 5.41) is 7.02. The van der Waals surface area contributed by atoms with Gasteiger partial charge in [-0.05, 0) is 44.2 Å². The minimum atomic E-state index is 0. The molecule has 4 rings (SSSR count). The molecule has 1 unspecified atom stereocenters. The lowest BCUT2D eigenvalue weighted by atomic mass is 10.2. The van der Waals surface area contributed by atoms with Gasteiger partial charge >= 0.3 is 0 Å². The van der Waals surface area contributed by atoms with Crippen molar-refractivity contribution in [3.63, 3.8) is 0 Å². The van der Waals surface area contributed by atoms with Crippen molar-refractivity contribution in [3.8, 4) is 0 Å². The van der Waals surface area contributed by atoms with E-state index >= 15 is 0 Å². The molecule has 2 aliphatic rings. The van der Waals surface area contributed by atoms with Crippen molar-refractivity contribution in [1.82, 2.24) is 20.5 Å². The van der Waals surface area contributed by atoms with Crippen LogP contribution in [0.5, 0.6) is 0 Å². The Morgan fingerprint density at radius 2 is 1.78 bits per heavy atom. The van der Waals surface area contributed by atoms with Crippen LogP contribution in [0.4, 0.5) is 11.5 Å². The minimum absolute atomic E-state index is 0. The van der Waals surface area contributed by atoms with E-state index in [4.69, 9.17) is 0 Å². The average Bonchev–Trinajstić information content (AvgIpc) is 3.26. The van der Waals surface area contributed by atoms with E-state index in [1.54, 1.807) is 0 Å². The molecule has 2 aliphatic heterocycles. The Balaban J connectivity index is 0.00000289. The lowest BCUT2D eigenvalue weighted by Crippen LogP contribution is -2.45. The topological polar surface area (TPSA) is 59.0 Å². The molecule has 0 spiro atoms. The van der Waals surface area contributed by atoms with E-state index in [9.17, 15) is 0 Å². The number of aromatic nitrogens is 1. The molecule has 1 aromatic heterocycles. The van der Waals surface area contributed by atoms with E-state index < -0.39 is 0 Å². The second-order valence-electron chi connectivity index (χ2n) is 8.65. The third-order valence-electron chi connectivity index (χ3n) is 6.25. The van der Waals surface area contributed by atoms with Gasteiger partial charge in [0.1, 0.15) is 5.82 Å². The normalized spacial score (nSPS) is 19.6. The summed E-state index contributed by atoms with van der Waals surface area (Å²) in [6.07, 6.45) is 3.08. The highest BCUT2D eigenvalue weighted by Crippen LogP contribution is 2.20. The number of nitrogens with zero attached hydrogens (tertiary/aromatic N) is 5. The Morgan fingerprint density at radius 1 is 1.03 bits per heavy atom. The maximum absolute atomic E-state index is 4.68. The van der Waals surface area contributed by atoms with Crippen LogP contribution in [0.25, 0.3) is 0 Å². The highest BCUT2D eigenvalue weighted by atomic mass is 127. The van der Waals surface area contributed by atoms with E-state index in [0.29, 0.717) is 12.6 Å². The molecular formula is C24H36IN7. The zero-order chi connectivity index (χ0) is 21.6. The first-order chi connectivity index (χ1) is 15.1. The molecule has 174 valence electrons. The molecule has 0 aliphatic carbocycles. The molecule has 3 heterocycles. The molecule has 0 saturated carbocycles. The van der Waals surface area contributed by atoms with Crippen LogP contribution in [0, 0.1) is 6.92 Å². The number of hydrogen-bond donors (Lipinski definition) is 2. The summed E-state index contributed by atoms with van der Waals surface area (Å²) in [4.78, 5) is 16.3. The molecule has 32 heavy (non-hydrogen) atoms. The van der Waals surface area contributed by atoms with Gasteiger partial charge in [-0.25, -0.2) is 4.98 Å². The first-order valence-electron chi connectivity index (χ1n) is 11.3. The molecule has 1 atom stereocenters. The SMILES string of the molecule is CN=C(NCc1ccc(N2CCN(C)CC2)nc1)NC1CCN(c2ccc(C)cc2)C1.I. The Hall–Kier alpha value is -2.07. The molecule has 7 nitrogen and oxygen atoms in total. The molecule has 0 amide bonds. The van der Waals surface area contributed by atoms with Crippen LogP contribution in [0.2, 0.25) is 0 Å². The maximum Gasteiger partial charge on any atom is 0.191 e. The standard InChI is InChI=1S/C24H35N7.HI/c1-19-4-7-22(8-5-19)31-11-10-21(18-31)28-24(25-2)27-17-20-6-9-23(26-16-20)30-14-12-29(3)13-15-30;/h4-9,16,21H,10-15,17-18H2,1-3H3,(H2,25,27,28);1H. The minimum Gasteiger partial charge on any atom is -0.369 e. The smallest absolute Gasteiger partial charge is 0.191 e. The van der Waals surface area contributed by atoms with Gasteiger partial charge in [0.2, 0.25) is 0 Å². The number of pyridine rings is 1. The number of likely N-dealkylation sites (N-methyl/N-ethyl adjacent to an activating group) is 1. The Morgan fingerprint density at radius 3 is 2.44 bits per heavy atom. The van der Waals surface area contributed by atoms with Gasteiger partial charge in [-0.15, -0.1) is 24.0 Å². The van der Waals surface area contributed by atoms with Crippen molar-refractivity contribution in [2.45, 2.75) is 25.9 Å². The fraction of sp³-hybridized carbons (Fsp3) is 0.500. The molecule has 0 radical (unpaired) electrons. The van der Waals surface area contributed by atoms with E-state index in [1.807, 2.05) is 13.2 Å². The molecule has 2 saturated heterocycles. The molecule has 2 aromatic rings. The number of hydrogen-bond acceptors (Lipinski definition) is 5. The number of aliphatic imine (C=N–C) groups is 1. The van der Waals surface area contributed by atoms with E-state index in [0.717, 1.165) is 63.0 Å². The molecular weight excluding hydrogens is 513 g/mol. The molecule has 1 aromatic carbocycles. The first kappa shape index (κ1) is 24.6. The summed E-state index contributed by atoms with van der Waals surface area (Å²) in [6, 6.07) is 13.5. The highest BCUT2D eigenvalue weighted by molar-refractivity contribution is 14.0. The second-order valence-corrected chi connectivity index (χ2v) is 8.65. The van der Waals surface area contributed by atoms with E-state index in [-0.39, 0.29) is 24.0 Å². The number of aryl methyl sites for hydroxylation is 1. The third kappa shape index (κ3) is 6.48. The third-order valence-corrected chi connectivity index (χ3v) is 6.25. The van der Waals surface area contributed by atoms with Crippen LogP contribution in [-0.4, -0.2) is 75.2 Å². The Labute approximate surface area is 209 Å². The summed E-state index contributed by atoms with van der Waals surface area (Å²) in [6.45, 7) is 9.16. The van der Waals surface area contributed by atoms with Gasteiger partial charge in [0, 0.05) is 70.8 Å². The van der Waals surface area contributed by atoms with Crippen LogP contribution in [0.1, 0.15) is 17.5 Å². The number of nitrogens with one attached hydrogen (secondary N) is 2. The predicted molar refractivity (Wildman–Crippen MR) is 144 cm³/mol. The largest absolute Gasteiger partial charge is 0.369 e. The Bertz CT molecular complexity index is 861. The summed E-state index contributed by atoms with van der Waals surface area (Å²) in [5.41, 5.74) is 3.76. The van der Waals surface area contributed by atoms with Gasteiger partial charge in [0.25, 0.3) is 0 Å². The zero-order valence-corrected chi connectivity index (χ0v) is 21.8. The second kappa shape index (κ2) is 11.7. The summed E-state index contributed by atoms with van der Waals surface area (Å²) in [7, 11) is 4.00. The highest BCUT2D eigenvalue weighted by Gasteiger charge is 2.23. The molecule has 0 bridgehead atoms. The number of anilines is 2. The van der Waals surface area contributed by atoms with E-state index in [1.165, 1.54) is 11.3 Å². The number of piperazine rings is 1. The van der Waals surface area contributed by atoms with E-state index in [2.05, 4.69) is 85.7 Å². The van der Waals surface area contributed by atoms with Crippen molar-refractivity contribution in [2.75, 3.05) is 63.2 Å². The van der Waals surface area contributed by atoms with Crippen LogP contribution in [0.3, 0.4) is 0 Å². The van der Waals surface area contributed by atoms with Crippen molar-refractivity contribution < 1.29 is 0 Å². The van der Waals surface area contributed by atoms with Gasteiger partial charge in [-0.1, -0.05) is 23.8 Å². The maximum atomic E-state index is 4.68. The van der Waals surface area contributed by atoms with Gasteiger partial charge in [-0.3, -0.25) is 4.99 Å². The van der Waals surface area contributed by atoms with Gasteiger partial charge in [0.05, 0.1) is 0 Å². The van der Waals surface area contributed by atoms with Crippen LogP contribution in [-0.2, 0) is 6.54 Å². The van der Waals surface area contributed by atoms with Gasteiger partial charge in [-0.2, -0.15) is 0 Å². The van der Waals surface area contributed by atoms with Gasteiger partial charge in [0.15, 0.2) is 5.96 Å². The lowest BCUT2D eigenvalue weighted by molar-refractivity contribution is 0.312. The Kier molecular flexibility index (Phi) is 8.98. The fourth-order valence-electron chi connectivity index (χ4n) is 4.19. The van der Waals surface area contributed by atoms with Crippen LogP contribution in [0.15, 0.2) is 47.6 Å². The van der Waals surface area contributed by atoms with Crippen molar-refractivity contribution in [1.29, 1.82) is 0 Å². The molecule has 8 heteroatoms. The van der Waals surface area contributed by atoms with Crippen molar-refractivity contribution in [2.24, 2.45) is 4.99 Å². The quantitative estimate of drug-likeness (QED) is 0.340. The summed E-state index contributed by atoms with van der Waals surface area (Å²) in [5.74, 6) is 1.92. The number of rotatable bonds is 5. The fourth-order valence-corrected chi connectivity index (χ4v) is 4.19. The van der Waals surface area contributed by atoms with Crippen LogP contribution >= 0.6 is 24.0 Å². The van der Waals surface area contributed by atoms with Gasteiger partial charge < -0.3 is 25.3 Å². The monoisotopic (exact) mass is 549 g/mol. The van der Waals surface area contributed by atoms with Crippen LogP contribution < -0.4 is 20.4 Å². The molecule has 2 N–H and O–H groups in total. The predicted octanol–water partition coefficient (Wildman–Crippen LogP) is 2.70. The summed E-state index contributed by atoms with van der Waals surface area (Å²) < 4.78 is 0. The number of guanidine groups is 1. The average molecular weight is 550 g/mol. The zero-order valence-electron chi connectivity index (χ0n) is 19.4. The lowest BCUT2D eigenvalue weighted by Gasteiger charge is -2.33. The van der Waals surface area contributed by atoms with Crippen molar-refractivity contribution in [3.05, 3.63) is 53.7 Å². The molecule has 2 fully saturated rings. The summed E-state index contributed by atoms with van der Waals surface area (Å²) >= 11 is 0. The van der Waals surface area contributed by atoms with Crippen molar-refractivity contribution >= 4 is 41.4 Å². The number of benzene rings is 1.